The lowest BCUT2D eigenvalue weighted by Gasteiger charge is -2.22. The van der Waals surface area contributed by atoms with E-state index < -0.39 is 25.1 Å². The minimum Gasteiger partial charge on any atom is -0.440 e. The summed E-state index contributed by atoms with van der Waals surface area (Å²) in [7, 11) is 0. The van der Waals surface area contributed by atoms with Gasteiger partial charge >= 0.3 is 12.1 Å². The molecule has 0 radical (unpaired) electrons. The molecule has 1 aliphatic heterocycles. The summed E-state index contributed by atoms with van der Waals surface area (Å²) in [6, 6.07) is 0. The number of hydrogen-bond donors (Lipinski definition) is 1. The summed E-state index contributed by atoms with van der Waals surface area (Å²) in [6.45, 7) is 0.0299. The van der Waals surface area contributed by atoms with Crippen molar-refractivity contribution in [1.82, 2.24) is 4.90 Å². The minimum atomic E-state index is -4.97. The maximum Gasteiger partial charge on any atom is 0.490 e. The van der Waals surface area contributed by atoms with Crippen LogP contribution in [0.2, 0.25) is 0 Å². The molecular formula is C7H10F3NO3. The van der Waals surface area contributed by atoms with Crippen LogP contribution in [-0.4, -0.2) is 41.7 Å². The van der Waals surface area contributed by atoms with Crippen molar-refractivity contribution in [2.24, 2.45) is 0 Å². The number of carbonyl (C=O) groups is 1. The third-order valence-electron chi connectivity index (χ3n) is 1.96. The van der Waals surface area contributed by atoms with Crippen molar-refractivity contribution in [2.75, 3.05) is 13.3 Å². The van der Waals surface area contributed by atoms with E-state index in [1.807, 2.05) is 0 Å². The number of esters is 1. The van der Waals surface area contributed by atoms with Gasteiger partial charge in [-0.15, -0.1) is 0 Å². The van der Waals surface area contributed by atoms with Crippen LogP contribution < -0.4 is 0 Å². The number of nitrogens with zero attached hydrogens (tertiary/aromatic N) is 1. The van der Waals surface area contributed by atoms with Crippen LogP contribution in [0.15, 0.2) is 0 Å². The highest BCUT2D eigenvalue weighted by molar-refractivity contribution is 5.75. The van der Waals surface area contributed by atoms with Gasteiger partial charge in [0.1, 0.15) is 0 Å². The van der Waals surface area contributed by atoms with Gasteiger partial charge in [0, 0.05) is 6.54 Å². The van der Waals surface area contributed by atoms with E-state index in [0.29, 0.717) is 19.4 Å². The van der Waals surface area contributed by atoms with E-state index in [9.17, 15) is 18.0 Å². The smallest absolute Gasteiger partial charge is 0.440 e. The summed E-state index contributed by atoms with van der Waals surface area (Å²) in [6.07, 6.45) is -4.99. The van der Waals surface area contributed by atoms with Crippen LogP contribution in [-0.2, 0) is 9.53 Å². The largest absolute Gasteiger partial charge is 0.490 e. The molecule has 1 fully saturated rings. The van der Waals surface area contributed by atoms with Crippen molar-refractivity contribution in [3.05, 3.63) is 0 Å². The van der Waals surface area contributed by atoms with Crippen LogP contribution in [0.1, 0.15) is 12.8 Å². The molecule has 1 unspecified atom stereocenters. The van der Waals surface area contributed by atoms with Crippen molar-refractivity contribution in [1.29, 1.82) is 0 Å². The van der Waals surface area contributed by atoms with E-state index in [4.69, 9.17) is 5.11 Å². The Morgan fingerprint density at radius 3 is 2.71 bits per heavy atom. The average molecular weight is 213 g/mol. The van der Waals surface area contributed by atoms with E-state index in [-0.39, 0.29) is 0 Å². The molecule has 0 aromatic heterocycles. The van der Waals surface area contributed by atoms with Crippen LogP contribution in [0.5, 0.6) is 0 Å². The molecule has 1 saturated heterocycles. The lowest BCUT2D eigenvalue weighted by molar-refractivity contribution is -0.212. The highest BCUT2D eigenvalue weighted by Gasteiger charge is 2.43. The number of hydrogen-bond acceptors (Lipinski definition) is 4. The third kappa shape index (κ3) is 2.58. The lowest BCUT2D eigenvalue weighted by atomic mass is 10.4. The Morgan fingerprint density at radius 1 is 1.57 bits per heavy atom. The molecule has 4 nitrogen and oxygen atoms in total. The molecule has 0 spiro atoms. The minimum absolute atomic E-state index is 0.322. The zero-order valence-electron chi connectivity index (χ0n) is 7.25. The van der Waals surface area contributed by atoms with Crippen molar-refractivity contribution < 1.29 is 27.8 Å². The Hall–Kier alpha value is -0.820. The highest BCUT2D eigenvalue weighted by Crippen LogP contribution is 2.22. The van der Waals surface area contributed by atoms with Gasteiger partial charge in [-0.3, -0.25) is 0 Å². The normalized spacial score (nSPS) is 23.9. The summed E-state index contributed by atoms with van der Waals surface area (Å²) >= 11 is 0. The van der Waals surface area contributed by atoms with Gasteiger partial charge in [0.2, 0.25) is 0 Å². The molecule has 1 heterocycles. The number of likely N-dealkylation sites (tertiary alicyclic amines) is 1. The number of carbonyl (C=O) groups excluding carboxylic acids is 1. The second kappa shape index (κ2) is 4.14. The molecule has 82 valence electrons. The third-order valence-corrected chi connectivity index (χ3v) is 1.96. The van der Waals surface area contributed by atoms with Gasteiger partial charge in [-0.1, -0.05) is 0 Å². The molecule has 1 N–H and O–H groups in total. The Labute approximate surface area is 78.2 Å². The van der Waals surface area contributed by atoms with Crippen molar-refractivity contribution >= 4 is 5.97 Å². The number of alkyl halides is 3. The molecule has 14 heavy (non-hydrogen) atoms. The quantitative estimate of drug-likeness (QED) is 0.677. The van der Waals surface area contributed by atoms with Gasteiger partial charge in [0.25, 0.3) is 0 Å². The Morgan fingerprint density at radius 2 is 2.21 bits per heavy atom. The first-order valence-corrected chi connectivity index (χ1v) is 4.08. The number of aliphatic hydroxyl groups excluding tert-OH is 1. The zero-order chi connectivity index (χ0) is 10.8. The summed E-state index contributed by atoms with van der Waals surface area (Å²) in [4.78, 5) is 11.7. The lowest BCUT2D eigenvalue weighted by Crippen LogP contribution is -2.38. The second-order valence-corrected chi connectivity index (χ2v) is 2.95. The van der Waals surface area contributed by atoms with Crippen LogP contribution in [0.4, 0.5) is 13.2 Å². The number of halogens is 3. The summed E-state index contributed by atoms with van der Waals surface area (Å²) < 4.78 is 39.5. The predicted molar refractivity (Wildman–Crippen MR) is 39.0 cm³/mol. The predicted octanol–water partition coefficient (Wildman–Crippen LogP) is 0.464. The summed E-state index contributed by atoms with van der Waals surface area (Å²) in [5, 5.41) is 8.71. The monoisotopic (exact) mass is 213 g/mol. The van der Waals surface area contributed by atoms with E-state index in [1.54, 1.807) is 0 Å². The number of ether oxygens (including phenoxy) is 1. The molecular weight excluding hydrogens is 203 g/mol. The van der Waals surface area contributed by atoms with Crippen molar-refractivity contribution in [2.45, 2.75) is 25.2 Å². The Bertz CT molecular complexity index is 219. The fraction of sp³-hybridized carbons (Fsp3) is 0.857. The van der Waals surface area contributed by atoms with Crippen LogP contribution in [0, 0.1) is 0 Å². The SMILES string of the molecule is O=C(OC1CCCN1CO)C(F)(F)F. The maximum atomic E-state index is 11.8. The van der Waals surface area contributed by atoms with Gasteiger partial charge in [0.05, 0.1) is 6.73 Å². The van der Waals surface area contributed by atoms with Crippen LogP contribution >= 0.6 is 0 Å². The molecule has 7 heteroatoms. The van der Waals surface area contributed by atoms with Gasteiger partial charge in [0.15, 0.2) is 6.23 Å². The zero-order valence-corrected chi connectivity index (χ0v) is 7.25. The van der Waals surface area contributed by atoms with E-state index in [0.717, 1.165) is 0 Å². The average Bonchev–Trinajstić information content (AvgIpc) is 2.50. The van der Waals surface area contributed by atoms with Gasteiger partial charge in [-0.25, -0.2) is 9.69 Å². The van der Waals surface area contributed by atoms with E-state index in [1.165, 1.54) is 4.90 Å². The van der Waals surface area contributed by atoms with Gasteiger partial charge < -0.3 is 9.84 Å². The van der Waals surface area contributed by atoms with Gasteiger partial charge in [-0.05, 0) is 12.8 Å². The van der Waals surface area contributed by atoms with Crippen LogP contribution in [0.25, 0.3) is 0 Å². The molecule has 1 atom stereocenters. The second-order valence-electron chi connectivity index (χ2n) is 2.95. The number of rotatable bonds is 2. The Balaban J connectivity index is 2.48. The highest BCUT2D eigenvalue weighted by atomic mass is 19.4. The van der Waals surface area contributed by atoms with Crippen molar-refractivity contribution in [3.8, 4) is 0 Å². The van der Waals surface area contributed by atoms with Crippen molar-refractivity contribution in [3.63, 3.8) is 0 Å². The summed E-state index contributed by atoms with van der Waals surface area (Å²) in [5.74, 6) is -2.21. The molecule has 1 aliphatic rings. The molecule has 0 amide bonds. The molecule has 1 rings (SSSR count). The Kier molecular flexibility index (Phi) is 3.33. The molecule has 0 aromatic carbocycles. The topological polar surface area (TPSA) is 49.8 Å². The fourth-order valence-corrected chi connectivity index (χ4v) is 1.28. The maximum absolute atomic E-state index is 11.8. The first-order chi connectivity index (χ1) is 6.45. The molecule has 0 aliphatic carbocycles. The first-order valence-electron chi connectivity index (χ1n) is 4.08. The van der Waals surface area contributed by atoms with E-state index in [2.05, 4.69) is 4.74 Å². The summed E-state index contributed by atoms with van der Waals surface area (Å²) in [5.41, 5.74) is 0. The van der Waals surface area contributed by atoms with Crippen LogP contribution in [0.3, 0.4) is 0 Å². The van der Waals surface area contributed by atoms with Gasteiger partial charge in [-0.2, -0.15) is 13.2 Å². The molecule has 0 saturated carbocycles. The fourth-order valence-electron chi connectivity index (χ4n) is 1.28. The molecule has 0 bridgehead atoms. The van der Waals surface area contributed by atoms with E-state index >= 15 is 0 Å². The standard InChI is InChI=1S/C7H10F3NO3/c8-7(9,10)6(13)14-5-2-1-3-11(5)4-12/h5,12H,1-4H2. The first kappa shape index (κ1) is 11.3. The molecule has 0 aromatic rings. The number of aliphatic hydroxyl groups is 1.